The van der Waals surface area contributed by atoms with Crippen LogP contribution in [0.3, 0.4) is 0 Å². The van der Waals surface area contributed by atoms with Crippen LogP contribution in [0.5, 0.6) is 0 Å². The Bertz CT molecular complexity index is 883. The van der Waals surface area contributed by atoms with Gasteiger partial charge in [-0.1, -0.05) is 37.3 Å². The Morgan fingerprint density at radius 2 is 1.93 bits per heavy atom. The van der Waals surface area contributed by atoms with E-state index in [9.17, 15) is 0 Å². The van der Waals surface area contributed by atoms with Crippen molar-refractivity contribution in [2.24, 2.45) is 5.92 Å². The number of fused-ring (bicyclic) bond motifs is 1. The Labute approximate surface area is 175 Å². The van der Waals surface area contributed by atoms with Gasteiger partial charge in [0.05, 0.1) is 29.4 Å². The number of hydrogen-bond acceptors (Lipinski definition) is 8. The van der Waals surface area contributed by atoms with Crippen LogP contribution < -0.4 is 4.90 Å². The summed E-state index contributed by atoms with van der Waals surface area (Å²) in [5.41, 5.74) is 1.09. The van der Waals surface area contributed by atoms with Gasteiger partial charge in [0.25, 0.3) is 0 Å². The first-order chi connectivity index (χ1) is 14.2. The zero-order chi connectivity index (χ0) is 20.2. The summed E-state index contributed by atoms with van der Waals surface area (Å²) < 4.78 is 8.37. The molecule has 1 saturated heterocycles. The summed E-state index contributed by atoms with van der Waals surface area (Å²) in [6.45, 7) is 9.69. The third-order valence-corrected chi connectivity index (χ3v) is 6.46. The number of rotatable bonds is 8. The van der Waals surface area contributed by atoms with E-state index < -0.39 is 0 Å². The first-order valence-corrected chi connectivity index (χ1v) is 11.1. The lowest BCUT2D eigenvalue weighted by Crippen LogP contribution is -2.48. The minimum Gasteiger partial charge on any atom is -0.383 e. The van der Waals surface area contributed by atoms with Crippen LogP contribution in [0.1, 0.15) is 32.1 Å². The number of piperazine rings is 1. The van der Waals surface area contributed by atoms with Gasteiger partial charge in [-0.2, -0.15) is 0 Å². The molecule has 9 heteroatoms. The van der Waals surface area contributed by atoms with Crippen LogP contribution >= 0.6 is 11.3 Å². The predicted octanol–water partition coefficient (Wildman–Crippen LogP) is 2.84. The van der Waals surface area contributed by atoms with E-state index in [4.69, 9.17) is 9.72 Å². The molecule has 0 bridgehead atoms. The minimum absolute atomic E-state index is 0.222. The molecule has 1 aromatic carbocycles. The van der Waals surface area contributed by atoms with Crippen molar-refractivity contribution in [1.29, 1.82) is 0 Å². The van der Waals surface area contributed by atoms with E-state index in [-0.39, 0.29) is 6.04 Å². The van der Waals surface area contributed by atoms with Crippen molar-refractivity contribution in [3.8, 4) is 0 Å². The Balaban J connectivity index is 1.47. The monoisotopic (exact) mass is 415 g/mol. The van der Waals surface area contributed by atoms with Crippen LogP contribution in [-0.2, 0) is 11.3 Å². The van der Waals surface area contributed by atoms with Gasteiger partial charge < -0.3 is 9.64 Å². The maximum absolute atomic E-state index is 5.22. The summed E-state index contributed by atoms with van der Waals surface area (Å²) in [6, 6.07) is 8.58. The lowest BCUT2D eigenvalue weighted by molar-refractivity contribution is 0.145. The van der Waals surface area contributed by atoms with Crippen molar-refractivity contribution in [3.63, 3.8) is 0 Å². The van der Waals surface area contributed by atoms with Gasteiger partial charge >= 0.3 is 0 Å². The maximum atomic E-state index is 5.22. The Morgan fingerprint density at radius 1 is 1.14 bits per heavy atom. The highest BCUT2D eigenvalue weighted by Crippen LogP contribution is 2.31. The molecule has 0 spiro atoms. The standard InChI is InChI=1S/C20H29N7OS/c1-15(2)14-17(19-22-23-24-27(19)12-13-28-3)25-8-10-26(11-9-25)20-21-16-6-4-5-7-18(16)29-20/h4-7,15,17H,8-14H2,1-3H3/t17-/m0/s1. The first-order valence-electron chi connectivity index (χ1n) is 10.2. The van der Waals surface area contributed by atoms with Gasteiger partial charge in [0, 0.05) is 33.3 Å². The molecule has 3 heterocycles. The van der Waals surface area contributed by atoms with Gasteiger partial charge in [0.2, 0.25) is 0 Å². The summed E-state index contributed by atoms with van der Waals surface area (Å²) in [5.74, 6) is 1.51. The van der Waals surface area contributed by atoms with Gasteiger partial charge in [-0.3, -0.25) is 4.90 Å². The molecule has 0 aliphatic carbocycles. The van der Waals surface area contributed by atoms with E-state index in [0.717, 1.165) is 49.1 Å². The number of aromatic nitrogens is 5. The lowest BCUT2D eigenvalue weighted by atomic mass is 10.0. The fourth-order valence-electron chi connectivity index (χ4n) is 3.87. The second-order valence-corrected chi connectivity index (χ2v) is 8.89. The average Bonchev–Trinajstić information content (AvgIpc) is 3.37. The predicted molar refractivity (Wildman–Crippen MR) is 115 cm³/mol. The molecule has 1 fully saturated rings. The third kappa shape index (κ3) is 4.57. The van der Waals surface area contributed by atoms with Crippen LogP contribution in [0.4, 0.5) is 5.13 Å². The van der Waals surface area contributed by atoms with Gasteiger partial charge in [0.15, 0.2) is 11.0 Å². The third-order valence-electron chi connectivity index (χ3n) is 5.37. The van der Waals surface area contributed by atoms with Crippen molar-refractivity contribution in [1.82, 2.24) is 30.1 Å². The Hall–Kier alpha value is -2.10. The topological polar surface area (TPSA) is 72.2 Å². The van der Waals surface area contributed by atoms with E-state index in [1.54, 1.807) is 18.4 Å². The second kappa shape index (κ2) is 9.15. The molecule has 1 aliphatic heterocycles. The summed E-state index contributed by atoms with van der Waals surface area (Å²) >= 11 is 1.78. The van der Waals surface area contributed by atoms with E-state index in [1.807, 2.05) is 10.7 Å². The molecule has 156 valence electrons. The van der Waals surface area contributed by atoms with Crippen LogP contribution in [0.15, 0.2) is 24.3 Å². The highest BCUT2D eigenvalue weighted by Gasteiger charge is 2.30. The van der Waals surface area contributed by atoms with Gasteiger partial charge in [0.1, 0.15) is 0 Å². The van der Waals surface area contributed by atoms with E-state index in [2.05, 4.69) is 57.4 Å². The SMILES string of the molecule is COCCn1nnnc1[C@H](CC(C)C)N1CCN(c2nc3ccccc3s2)CC1. The molecule has 29 heavy (non-hydrogen) atoms. The molecule has 4 rings (SSSR count). The number of hydrogen-bond donors (Lipinski definition) is 0. The van der Waals surface area contributed by atoms with Crippen LogP contribution in [0.25, 0.3) is 10.2 Å². The van der Waals surface area contributed by atoms with E-state index in [0.29, 0.717) is 19.1 Å². The molecule has 0 amide bonds. The minimum atomic E-state index is 0.222. The molecule has 0 saturated carbocycles. The van der Waals surface area contributed by atoms with Crippen molar-refractivity contribution < 1.29 is 4.74 Å². The molecule has 0 radical (unpaired) electrons. The molecule has 0 unspecified atom stereocenters. The zero-order valence-electron chi connectivity index (χ0n) is 17.4. The number of methoxy groups -OCH3 is 1. The smallest absolute Gasteiger partial charge is 0.186 e. The Kier molecular flexibility index (Phi) is 6.37. The number of tetrazole rings is 1. The quantitative estimate of drug-likeness (QED) is 0.560. The molecule has 1 atom stereocenters. The highest BCUT2D eigenvalue weighted by molar-refractivity contribution is 7.22. The highest BCUT2D eigenvalue weighted by atomic mass is 32.1. The normalized spacial score (nSPS) is 16.8. The fourth-order valence-corrected chi connectivity index (χ4v) is 4.89. The van der Waals surface area contributed by atoms with Gasteiger partial charge in [-0.05, 0) is 34.9 Å². The first kappa shape index (κ1) is 20.2. The summed E-state index contributed by atoms with van der Waals surface area (Å²) in [7, 11) is 1.71. The van der Waals surface area contributed by atoms with Gasteiger partial charge in [-0.25, -0.2) is 9.67 Å². The largest absolute Gasteiger partial charge is 0.383 e. The fraction of sp³-hybridized carbons (Fsp3) is 0.600. The van der Waals surface area contributed by atoms with Crippen molar-refractivity contribution in [3.05, 3.63) is 30.1 Å². The molecule has 8 nitrogen and oxygen atoms in total. The molecule has 1 aliphatic rings. The molecule has 2 aromatic heterocycles. The summed E-state index contributed by atoms with van der Waals surface area (Å²) in [6.07, 6.45) is 1.04. The molecule has 3 aromatic rings. The Morgan fingerprint density at radius 3 is 2.66 bits per heavy atom. The van der Waals surface area contributed by atoms with Crippen LogP contribution in [0, 0.1) is 5.92 Å². The second-order valence-electron chi connectivity index (χ2n) is 7.89. The van der Waals surface area contributed by atoms with Crippen molar-refractivity contribution >= 4 is 26.7 Å². The summed E-state index contributed by atoms with van der Waals surface area (Å²) in [4.78, 5) is 9.76. The van der Waals surface area contributed by atoms with E-state index in [1.165, 1.54) is 4.70 Å². The van der Waals surface area contributed by atoms with Crippen LogP contribution in [0.2, 0.25) is 0 Å². The average molecular weight is 416 g/mol. The number of nitrogens with zero attached hydrogens (tertiary/aromatic N) is 7. The molecule has 0 N–H and O–H groups in total. The number of para-hydroxylation sites is 1. The number of anilines is 1. The summed E-state index contributed by atoms with van der Waals surface area (Å²) in [5, 5.41) is 13.6. The van der Waals surface area contributed by atoms with E-state index >= 15 is 0 Å². The molecular weight excluding hydrogens is 386 g/mol. The number of thiazole rings is 1. The van der Waals surface area contributed by atoms with Crippen molar-refractivity contribution in [2.75, 3.05) is 44.8 Å². The van der Waals surface area contributed by atoms with Crippen LogP contribution in [-0.4, -0.2) is 70.0 Å². The zero-order valence-corrected chi connectivity index (χ0v) is 18.2. The lowest BCUT2D eigenvalue weighted by Gasteiger charge is -2.39. The number of benzene rings is 1. The van der Waals surface area contributed by atoms with Gasteiger partial charge in [-0.15, -0.1) is 5.10 Å². The molecular formula is C20H29N7OS. The maximum Gasteiger partial charge on any atom is 0.186 e. The van der Waals surface area contributed by atoms with Crippen molar-refractivity contribution in [2.45, 2.75) is 32.9 Å². The number of ether oxygens (including phenoxy) is 1.